The molecule has 0 aliphatic carbocycles. The maximum Gasteiger partial charge on any atom is 0.274 e. The third kappa shape index (κ3) is 2.67. The third-order valence-electron chi connectivity index (χ3n) is 2.53. The normalized spacial score (nSPS) is 15.6. The lowest BCUT2D eigenvalue weighted by atomic mass is 10.2. The fourth-order valence-electron chi connectivity index (χ4n) is 1.77. The van der Waals surface area contributed by atoms with Crippen LogP contribution in [0.3, 0.4) is 0 Å². The van der Waals surface area contributed by atoms with Gasteiger partial charge in [0.15, 0.2) is 10.3 Å². The van der Waals surface area contributed by atoms with Crippen LogP contribution in [0.15, 0.2) is 12.0 Å². The van der Waals surface area contributed by atoms with Crippen LogP contribution in [0.4, 0.5) is 0 Å². The monoisotopic (exact) mass is 274 g/mol. The Bertz CT molecular complexity index is 474. The molecule has 1 N–H and O–H groups in total. The van der Waals surface area contributed by atoms with Gasteiger partial charge in [0.2, 0.25) is 0 Å². The molecule has 0 aromatic carbocycles. The van der Waals surface area contributed by atoms with E-state index in [2.05, 4.69) is 10.3 Å². The van der Waals surface area contributed by atoms with Crippen LogP contribution in [-0.4, -0.2) is 28.4 Å². The highest BCUT2D eigenvalue weighted by atomic mass is 35.5. The summed E-state index contributed by atoms with van der Waals surface area (Å²) >= 11 is 7.28. The van der Waals surface area contributed by atoms with E-state index in [1.165, 1.54) is 11.3 Å². The van der Waals surface area contributed by atoms with E-state index in [0.717, 1.165) is 23.2 Å². The summed E-state index contributed by atoms with van der Waals surface area (Å²) in [6.07, 6.45) is 1.74. The Morgan fingerprint density at radius 3 is 3.18 bits per heavy atom. The van der Waals surface area contributed by atoms with E-state index in [9.17, 15) is 10.1 Å². The predicted molar refractivity (Wildman–Crippen MR) is 65.4 cm³/mol. The summed E-state index contributed by atoms with van der Waals surface area (Å²) in [5.74, 6) is 0.505. The SMILES string of the molecule is CNC(=C[N+](=O)[O-])N1CCc2nc(Cl)sc2C1. The molecule has 0 unspecified atom stereocenters. The van der Waals surface area contributed by atoms with E-state index in [4.69, 9.17) is 11.6 Å². The van der Waals surface area contributed by atoms with Crippen molar-refractivity contribution in [2.24, 2.45) is 0 Å². The van der Waals surface area contributed by atoms with E-state index in [1.54, 1.807) is 7.05 Å². The molecule has 0 saturated heterocycles. The van der Waals surface area contributed by atoms with Gasteiger partial charge < -0.3 is 10.2 Å². The Morgan fingerprint density at radius 1 is 1.76 bits per heavy atom. The summed E-state index contributed by atoms with van der Waals surface area (Å²) < 4.78 is 0.529. The molecule has 0 saturated carbocycles. The number of aromatic nitrogens is 1. The summed E-state index contributed by atoms with van der Waals surface area (Å²) in [5.41, 5.74) is 1.01. The van der Waals surface area contributed by atoms with Crippen LogP contribution in [-0.2, 0) is 13.0 Å². The molecule has 0 radical (unpaired) electrons. The topological polar surface area (TPSA) is 71.3 Å². The van der Waals surface area contributed by atoms with Crippen LogP contribution in [0.25, 0.3) is 0 Å². The van der Waals surface area contributed by atoms with Crippen molar-refractivity contribution in [2.75, 3.05) is 13.6 Å². The number of nitro groups is 1. The van der Waals surface area contributed by atoms with Crippen LogP contribution in [0.5, 0.6) is 0 Å². The minimum Gasteiger partial charge on any atom is -0.370 e. The molecule has 6 nitrogen and oxygen atoms in total. The molecule has 0 amide bonds. The second-order valence-electron chi connectivity index (χ2n) is 3.56. The first kappa shape index (κ1) is 12.1. The van der Waals surface area contributed by atoms with Crippen molar-refractivity contribution in [3.05, 3.63) is 37.2 Å². The van der Waals surface area contributed by atoms with Crippen LogP contribution in [0.2, 0.25) is 4.47 Å². The zero-order valence-electron chi connectivity index (χ0n) is 9.14. The zero-order chi connectivity index (χ0) is 12.4. The van der Waals surface area contributed by atoms with Crippen LogP contribution in [0.1, 0.15) is 10.6 Å². The number of hydrogen-bond acceptors (Lipinski definition) is 6. The summed E-state index contributed by atoms with van der Waals surface area (Å²) in [6, 6.07) is 0. The molecule has 1 aliphatic heterocycles. The molecular weight excluding hydrogens is 264 g/mol. The van der Waals surface area contributed by atoms with Crippen molar-refractivity contribution >= 4 is 22.9 Å². The molecule has 0 fully saturated rings. The molecule has 1 aromatic rings. The van der Waals surface area contributed by atoms with Crippen LogP contribution >= 0.6 is 22.9 Å². The Labute approximate surface area is 107 Å². The fourth-order valence-corrected chi connectivity index (χ4v) is 3.00. The number of nitrogens with one attached hydrogen (secondary N) is 1. The van der Waals surface area contributed by atoms with Crippen molar-refractivity contribution in [2.45, 2.75) is 13.0 Å². The molecule has 0 spiro atoms. The number of thiazole rings is 1. The van der Waals surface area contributed by atoms with Crippen LogP contribution in [0, 0.1) is 10.1 Å². The summed E-state index contributed by atoms with van der Waals surface area (Å²) in [4.78, 5) is 17.2. The van der Waals surface area contributed by atoms with Gasteiger partial charge in [-0.15, -0.1) is 11.3 Å². The van der Waals surface area contributed by atoms with Gasteiger partial charge >= 0.3 is 0 Å². The lowest BCUT2D eigenvalue weighted by Gasteiger charge is -2.28. The van der Waals surface area contributed by atoms with Gasteiger partial charge in [0.05, 0.1) is 17.2 Å². The largest absolute Gasteiger partial charge is 0.370 e. The van der Waals surface area contributed by atoms with Gasteiger partial charge in [-0.3, -0.25) is 10.1 Å². The highest BCUT2D eigenvalue weighted by Gasteiger charge is 2.22. The molecule has 0 bridgehead atoms. The molecule has 8 heteroatoms. The fraction of sp³-hybridized carbons (Fsp3) is 0.444. The number of halogens is 1. The van der Waals surface area contributed by atoms with Crippen molar-refractivity contribution in [3.63, 3.8) is 0 Å². The minimum atomic E-state index is -0.457. The Morgan fingerprint density at radius 2 is 2.53 bits per heavy atom. The van der Waals surface area contributed by atoms with Gasteiger partial charge in [0.1, 0.15) is 0 Å². The lowest BCUT2D eigenvalue weighted by molar-refractivity contribution is -0.404. The van der Waals surface area contributed by atoms with Crippen molar-refractivity contribution < 1.29 is 4.92 Å². The van der Waals surface area contributed by atoms with Gasteiger partial charge in [0.25, 0.3) is 6.20 Å². The molecule has 92 valence electrons. The molecule has 0 atom stereocenters. The Hall–Kier alpha value is -1.34. The zero-order valence-corrected chi connectivity index (χ0v) is 10.7. The van der Waals surface area contributed by atoms with Crippen molar-refractivity contribution in [1.29, 1.82) is 0 Å². The first-order chi connectivity index (χ1) is 8.10. The maximum atomic E-state index is 10.5. The van der Waals surface area contributed by atoms with Gasteiger partial charge in [-0.05, 0) is 0 Å². The second-order valence-corrected chi connectivity index (χ2v) is 5.22. The highest BCUT2D eigenvalue weighted by Crippen LogP contribution is 2.28. The lowest BCUT2D eigenvalue weighted by Crippen LogP contribution is -2.34. The summed E-state index contributed by atoms with van der Waals surface area (Å²) in [7, 11) is 1.67. The smallest absolute Gasteiger partial charge is 0.274 e. The second kappa shape index (κ2) is 4.89. The average molecular weight is 275 g/mol. The number of rotatable bonds is 3. The maximum absolute atomic E-state index is 10.5. The first-order valence-electron chi connectivity index (χ1n) is 5.02. The standard InChI is InChI=1S/C9H11ClN4O2S/c1-11-8(5-14(15)16)13-3-2-6-7(4-13)17-9(10)12-6/h5,11H,2-4H2,1H3. The number of fused-ring (bicyclic) bond motifs is 1. The number of hydrogen-bond donors (Lipinski definition) is 1. The van der Waals surface area contributed by atoms with Gasteiger partial charge in [-0.2, -0.15) is 0 Å². The van der Waals surface area contributed by atoms with Gasteiger partial charge in [0, 0.05) is 24.9 Å². The van der Waals surface area contributed by atoms with E-state index < -0.39 is 4.92 Å². The third-order valence-corrected chi connectivity index (χ3v) is 3.72. The predicted octanol–water partition coefficient (Wildman–Crippen LogP) is 1.45. The Kier molecular flexibility index (Phi) is 3.49. The molecule has 2 rings (SSSR count). The van der Waals surface area contributed by atoms with Gasteiger partial charge in [-0.1, -0.05) is 11.6 Å². The summed E-state index contributed by atoms with van der Waals surface area (Å²) in [5, 5.41) is 13.3. The van der Waals surface area contributed by atoms with Crippen molar-refractivity contribution in [3.8, 4) is 0 Å². The average Bonchev–Trinajstić information content (AvgIpc) is 2.64. The van der Waals surface area contributed by atoms with Crippen LogP contribution < -0.4 is 5.32 Å². The highest BCUT2D eigenvalue weighted by molar-refractivity contribution is 7.15. The Balaban J connectivity index is 2.18. The van der Waals surface area contributed by atoms with E-state index in [1.807, 2.05) is 4.90 Å². The minimum absolute atomic E-state index is 0.457. The number of nitrogens with zero attached hydrogens (tertiary/aromatic N) is 3. The molecule has 2 heterocycles. The molecule has 1 aromatic heterocycles. The molecule has 1 aliphatic rings. The van der Waals surface area contributed by atoms with E-state index in [0.29, 0.717) is 23.4 Å². The van der Waals surface area contributed by atoms with E-state index >= 15 is 0 Å². The quantitative estimate of drug-likeness (QED) is 0.667. The molecular formula is C9H11ClN4O2S. The summed E-state index contributed by atoms with van der Waals surface area (Å²) in [6.45, 7) is 1.31. The molecule has 17 heavy (non-hydrogen) atoms. The first-order valence-corrected chi connectivity index (χ1v) is 6.21. The van der Waals surface area contributed by atoms with Crippen molar-refractivity contribution in [1.82, 2.24) is 15.2 Å². The van der Waals surface area contributed by atoms with E-state index in [-0.39, 0.29) is 0 Å². The van der Waals surface area contributed by atoms with Gasteiger partial charge in [-0.25, -0.2) is 4.98 Å².